The predicted octanol–water partition coefficient (Wildman–Crippen LogP) is 4.07. The Morgan fingerprint density at radius 3 is 2.52 bits per heavy atom. The molecule has 0 aliphatic rings. The second-order valence-electron chi connectivity index (χ2n) is 5.36. The van der Waals surface area contributed by atoms with Crippen LogP contribution in [0.25, 0.3) is 11.3 Å². The summed E-state index contributed by atoms with van der Waals surface area (Å²) < 4.78 is 39.1. The molecule has 2 rings (SSSR count). The van der Waals surface area contributed by atoms with Crippen molar-refractivity contribution in [3.63, 3.8) is 0 Å². The molecule has 21 heavy (non-hydrogen) atoms. The van der Waals surface area contributed by atoms with Gasteiger partial charge < -0.3 is 10.7 Å². The maximum atomic E-state index is 13.0. The number of rotatable bonds is 4. The summed E-state index contributed by atoms with van der Waals surface area (Å²) in [6.07, 6.45) is -1.44. The second kappa shape index (κ2) is 5.52. The van der Waals surface area contributed by atoms with Gasteiger partial charge in [-0.05, 0) is 19.4 Å². The molecule has 3 N–H and O–H groups in total. The van der Waals surface area contributed by atoms with Gasteiger partial charge in [-0.1, -0.05) is 31.5 Å². The Bertz CT molecular complexity index is 615. The third-order valence-electron chi connectivity index (χ3n) is 3.41. The Balaban J connectivity index is 2.44. The molecule has 1 unspecified atom stereocenters. The molecule has 6 heteroatoms. The fraction of sp³-hybridized carbons (Fsp3) is 0.400. The van der Waals surface area contributed by atoms with Gasteiger partial charge in [0.15, 0.2) is 0 Å². The molecule has 0 aliphatic carbocycles. The van der Waals surface area contributed by atoms with Gasteiger partial charge in [-0.15, -0.1) is 0 Å². The number of H-pyrrole nitrogens is 1. The monoisotopic (exact) mass is 297 g/mol. The van der Waals surface area contributed by atoms with E-state index >= 15 is 0 Å². The van der Waals surface area contributed by atoms with Crippen molar-refractivity contribution in [2.75, 3.05) is 0 Å². The number of imidazole rings is 1. The predicted molar refractivity (Wildman–Crippen MR) is 75.5 cm³/mol. The number of nitrogens with zero attached hydrogens (tertiary/aromatic N) is 1. The van der Waals surface area contributed by atoms with Crippen molar-refractivity contribution in [3.05, 3.63) is 41.9 Å². The number of benzene rings is 1. The quantitative estimate of drug-likeness (QED) is 0.893. The van der Waals surface area contributed by atoms with Crippen molar-refractivity contribution in [2.24, 2.45) is 5.73 Å². The zero-order valence-electron chi connectivity index (χ0n) is 12.0. The number of hydrogen-bond donors (Lipinski definition) is 2. The molecule has 0 saturated carbocycles. The van der Waals surface area contributed by atoms with Crippen LogP contribution in [-0.4, -0.2) is 9.97 Å². The summed E-state index contributed by atoms with van der Waals surface area (Å²) in [5, 5.41) is 0. The molecule has 114 valence electrons. The zero-order chi connectivity index (χ0) is 15.7. The van der Waals surface area contributed by atoms with Gasteiger partial charge in [-0.25, -0.2) is 4.98 Å². The van der Waals surface area contributed by atoms with Gasteiger partial charge >= 0.3 is 6.18 Å². The molecule has 0 amide bonds. The smallest absolute Gasteiger partial charge is 0.340 e. The molecule has 0 radical (unpaired) electrons. The van der Waals surface area contributed by atoms with E-state index in [0.29, 0.717) is 17.9 Å². The number of halogens is 3. The van der Waals surface area contributed by atoms with E-state index in [-0.39, 0.29) is 5.56 Å². The Hall–Kier alpha value is -1.82. The highest BCUT2D eigenvalue weighted by atomic mass is 19.4. The third kappa shape index (κ3) is 3.26. The lowest BCUT2D eigenvalue weighted by Gasteiger charge is -2.21. The van der Waals surface area contributed by atoms with E-state index in [1.54, 1.807) is 6.07 Å². The van der Waals surface area contributed by atoms with E-state index in [2.05, 4.69) is 9.97 Å². The van der Waals surface area contributed by atoms with Crippen LogP contribution in [0.3, 0.4) is 0 Å². The molecule has 1 atom stereocenters. The normalized spacial score (nSPS) is 15.0. The van der Waals surface area contributed by atoms with Crippen LogP contribution in [-0.2, 0) is 11.7 Å². The van der Waals surface area contributed by atoms with Gasteiger partial charge in [0, 0.05) is 5.56 Å². The molecule has 3 nitrogen and oxygen atoms in total. The first kappa shape index (κ1) is 15.6. The molecular formula is C15H18F3N3. The summed E-state index contributed by atoms with van der Waals surface area (Å²) in [4.78, 5) is 7.09. The molecule has 0 spiro atoms. The van der Waals surface area contributed by atoms with Gasteiger partial charge in [0.1, 0.15) is 5.82 Å². The van der Waals surface area contributed by atoms with E-state index in [0.717, 1.165) is 12.5 Å². The molecule has 0 bridgehead atoms. The first-order valence-electron chi connectivity index (χ1n) is 6.76. The van der Waals surface area contributed by atoms with Crippen LogP contribution in [0.4, 0.5) is 13.2 Å². The number of aromatic nitrogens is 2. The summed E-state index contributed by atoms with van der Waals surface area (Å²) in [5.41, 5.74) is 5.19. The molecule has 0 fully saturated rings. The van der Waals surface area contributed by atoms with E-state index < -0.39 is 17.3 Å². The molecular weight excluding hydrogens is 279 g/mol. The Labute approximate surface area is 121 Å². The molecule has 1 aromatic carbocycles. The molecule has 0 aliphatic heterocycles. The van der Waals surface area contributed by atoms with Crippen molar-refractivity contribution in [3.8, 4) is 11.3 Å². The summed E-state index contributed by atoms with van der Waals surface area (Å²) in [6.45, 7) is 3.81. The summed E-state index contributed by atoms with van der Waals surface area (Å²) in [5.74, 6) is 0.497. The number of nitrogens with two attached hydrogens (primary N) is 1. The van der Waals surface area contributed by atoms with Crippen LogP contribution in [0.5, 0.6) is 0 Å². The van der Waals surface area contributed by atoms with E-state index in [1.165, 1.54) is 18.3 Å². The maximum Gasteiger partial charge on any atom is 0.417 e. The maximum absolute atomic E-state index is 13.0. The van der Waals surface area contributed by atoms with Crippen LogP contribution in [0.15, 0.2) is 30.5 Å². The Kier molecular flexibility index (Phi) is 4.09. The minimum Gasteiger partial charge on any atom is -0.340 e. The van der Waals surface area contributed by atoms with Gasteiger partial charge in [0.05, 0.1) is 23.0 Å². The Morgan fingerprint density at radius 2 is 1.90 bits per heavy atom. The van der Waals surface area contributed by atoms with E-state index in [4.69, 9.17) is 5.73 Å². The fourth-order valence-corrected chi connectivity index (χ4v) is 2.35. The highest BCUT2D eigenvalue weighted by Crippen LogP contribution is 2.36. The first-order chi connectivity index (χ1) is 9.75. The lowest BCUT2D eigenvalue weighted by molar-refractivity contribution is -0.137. The highest BCUT2D eigenvalue weighted by Gasteiger charge is 2.34. The second-order valence-corrected chi connectivity index (χ2v) is 5.36. The van der Waals surface area contributed by atoms with Crippen molar-refractivity contribution < 1.29 is 13.2 Å². The highest BCUT2D eigenvalue weighted by molar-refractivity contribution is 5.64. The summed E-state index contributed by atoms with van der Waals surface area (Å²) in [7, 11) is 0. The van der Waals surface area contributed by atoms with Crippen LogP contribution in [0.1, 0.15) is 38.1 Å². The molecule has 1 aromatic heterocycles. The lowest BCUT2D eigenvalue weighted by atomic mass is 9.97. The SMILES string of the molecule is CCCC(C)(N)c1ncc(-c2ccccc2C(F)(F)F)[nH]1. The average molecular weight is 297 g/mol. The van der Waals surface area contributed by atoms with Crippen LogP contribution in [0.2, 0.25) is 0 Å². The van der Waals surface area contributed by atoms with Crippen molar-refractivity contribution in [2.45, 2.75) is 38.4 Å². The van der Waals surface area contributed by atoms with Gasteiger partial charge in [-0.2, -0.15) is 13.2 Å². The topological polar surface area (TPSA) is 54.7 Å². The van der Waals surface area contributed by atoms with Crippen LogP contribution in [0, 0.1) is 0 Å². The first-order valence-corrected chi connectivity index (χ1v) is 6.76. The van der Waals surface area contributed by atoms with Gasteiger partial charge in [0.2, 0.25) is 0 Å². The lowest BCUT2D eigenvalue weighted by Crippen LogP contribution is -2.34. The minimum absolute atomic E-state index is 0.0797. The molecule has 0 saturated heterocycles. The fourth-order valence-electron chi connectivity index (χ4n) is 2.35. The molecule has 1 heterocycles. The van der Waals surface area contributed by atoms with Crippen molar-refractivity contribution in [1.82, 2.24) is 9.97 Å². The van der Waals surface area contributed by atoms with Crippen molar-refractivity contribution in [1.29, 1.82) is 0 Å². The zero-order valence-corrected chi connectivity index (χ0v) is 12.0. The summed E-state index contributed by atoms with van der Waals surface area (Å²) in [6, 6.07) is 5.42. The largest absolute Gasteiger partial charge is 0.417 e. The number of nitrogens with one attached hydrogen (secondary N) is 1. The third-order valence-corrected chi connectivity index (χ3v) is 3.41. The number of alkyl halides is 3. The minimum atomic E-state index is -4.41. The van der Waals surface area contributed by atoms with Crippen LogP contribution >= 0.6 is 0 Å². The van der Waals surface area contributed by atoms with Crippen LogP contribution < -0.4 is 5.73 Å². The average Bonchev–Trinajstić information content (AvgIpc) is 2.88. The van der Waals surface area contributed by atoms with E-state index in [9.17, 15) is 13.2 Å². The molecule has 2 aromatic rings. The van der Waals surface area contributed by atoms with Crippen molar-refractivity contribution >= 4 is 0 Å². The van der Waals surface area contributed by atoms with Gasteiger partial charge in [-0.3, -0.25) is 0 Å². The number of hydrogen-bond acceptors (Lipinski definition) is 2. The van der Waals surface area contributed by atoms with E-state index in [1.807, 2.05) is 13.8 Å². The Morgan fingerprint density at radius 1 is 1.24 bits per heavy atom. The van der Waals surface area contributed by atoms with Gasteiger partial charge in [0.25, 0.3) is 0 Å². The standard InChI is InChI=1S/C15H18F3N3/c1-3-8-14(2,19)13-20-9-12(21-13)10-6-4-5-7-11(10)15(16,17)18/h4-7,9H,3,8,19H2,1-2H3,(H,20,21). The summed E-state index contributed by atoms with van der Waals surface area (Å²) >= 11 is 0. The number of aromatic amines is 1.